The zero-order valence-corrected chi connectivity index (χ0v) is 16.3. The monoisotopic (exact) mass is 392 g/mol. The molecule has 1 aliphatic rings. The Balaban J connectivity index is 1.46. The molecule has 0 spiro atoms. The van der Waals surface area contributed by atoms with Crippen molar-refractivity contribution in [2.24, 2.45) is 0 Å². The van der Waals surface area contributed by atoms with Crippen LogP contribution < -0.4 is 4.74 Å². The van der Waals surface area contributed by atoms with E-state index < -0.39 is 0 Å². The third-order valence-electron chi connectivity index (χ3n) is 4.56. The molecule has 138 valence electrons. The first kappa shape index (κ1) is 19.0. The normalized spacial score (nSPS) is 15.1. The molecule has 1 saturated heterocycles. The molecule has 0 atom stereocenters. The van der Waals surface area contributed by atoms with Crippen LogP contribution in [0.15, 0.2) is 42.5 Å². The first-order valence-electron chi connectivity index (χ1n) is 8.65. The number of piperazine rings is 1. The SMILES string of the molecule is Cc1ccccc1OCC(=O)N1CCN(Cc2ccc(Cl)c(Cl)c2)CC1. The van der Waals surface area contributed by atoms with Gasteiger partial charge in [-0.3, -0.25) is 9.69 Å². The minimum Gasteiger partial charge on any atom is -0.484 e. The van der Waals surface area contributed by atoms with Crippen LogP contribution in [0.25, 0.3) is 0 Å². The van der Waals surface area contributed by atoms with Gasteiger partial charge < -0.3 is 9.64 Å². The number of hydrogen-bond donors (Lipinski definition) is 0. The lowest BCUT2D eigenvalue weighted by Gasteiger charge is -2.34. The Morgan fingerprint density at radius 1 is 1.04 bits per heavy atom. The van der Waals surface area contributed by atoms with Gasteiger partial charge >= 0.3 is 0 Å². The Kier molecular flexibility index (Phi) is 6.41. The standard InChI is InChI=1S/C20H22Cl2N2O2/c1-15-4-2-3-5-19(15)26-14-20(25)24-10-8-23(9-11-24)13-16-6-7-17(21)18(22)12-16/h2-7,12H,8-11,13-14H2,1H3. The lowest BCUT2D eigenvalue weighted by Crippen LogP contribution is -2.49. The molecule has 0 saturated carbocycles. The number of amides is 1. The summed E-state index contributed by atoms with van der Waals surface area (Å²) >= 11 is 12.0. The highest BCUT2D eigenvalue weighted by Crippen LogP contribution is 2.23. The van der Waals surface area contributed by atoms with E-state index in [2.05, 4.69) is 4.90 Å². The van der Waals surface area contributed by atoms with Crippen LogP contribution in [0.1, 0.15) is 11.1 Å². The molecule has 0 N–H and O–H groups in total. The number of benzene rings is 2. The molecular weight excluding hydrogens is 371 g/mol. The van der Waals surface area contributed by atoms with Crippen LogP contribution >= 0.6 is 23.2 Å². The number of aryl methyl sites for hydroxylation is 1. The predicted molar refractivity (Wildman–Crippen MR) is 105 cm³/mol. The molecule has 4 nitrogen and oxygen atoms in total. The van der Waals surface area contributed by atoms with Crippen LogP contribution in [0, 0.1) is 6.92 Å². The molecule has 2 aromatic carbocycles. The second-order valence-electron chi connectivity index (χ2n) is 6.46. The number of nitrogens with zero attached hydrogens (tertiary/aromatic N) is 2. The van der Waals surface area contributed by atoms with E-state index in [0.29, 0.717) is 23.1 Å². The summed E-state index contributed by atoms with van der Waals surface area (Å²) in [5.41, 5.74) is 2.16. The van der Waals surface area contributed by atoms with E-state index in [1.165, 1.54) is 0 Å². The minimum atomic E-state index is 0.0300. The van der Waals surface area contributed by atoms with Crippen LogP contribution in [-0.2, 0) is 11.3 Å². The smallest absolute Gasteiger partial charge is 0.260 e. The first-order valence-corrected chi connectivity index (χ1v) is 9.41. The average Bonchev–Trinajstić information content (AvgIpc) is 2.64. The van der Waals surface area contributed by atoms with Crippen LogP contribution in [0.4, 0.5) is 0 Å². The van der Waals surface area contributed by atoms with Crippen molar-refractivity contribution >= 4 is 29.1 Å². The van der Waals surface area contributed by atoms with Gasteiger partial charge in [-0.2, -0.15) is 0 Å². The van der Waals surface area contributed by atoms with E-state index in [4.69, 9.17) is 27.9 Å². The van der Waals surface area contributed by atoms with E-state index in [1.807, 2.05) is 54.3 Å². The average molecular weight is 393 g/mol. The molecule has 0 unspecified atom stereocenters. The summed E-state index contributed by atoms with van der Waals surface area (Å²) < 4.78 is 5.67. The molecule has 1 aliphatic heterocycles. The Hall–Kier alpha value is -1.75. The van der Waals surface area contributed by atoms with Crippen molar-refractivity contribution in [1.29, 1.82) is 0 Å². The third kappa shape index (κ3) is 4.91. The zero-order chi connectivity index (χ0) is 18.5. The number of para-hydroxylation sites is 1. The fourth-order valence-electron chi connectivity index (χ4n) is 3.00. The molecule has 3 rings (SSSR count). The van der Waals surface area contributed by atoms with E-state index in [1.54, 1.807) is 0 Å². The van der Waals surface area contributed by atoms with Crippen molar-refractivity contribution in [3.63, 3.8) is 0 Å². The first-order chi connectivity index (χ1) is 12.5. The van der Waals surface area contributed by atoms with Gasteiger partial charge in [0.2, 0.25) is 0 Å². The van der Waals surface area contributed by atoms with Crippen molar-refractivity contribution in [2.75, 3.05) is 32.8 Å². The van der Waals surface area contributed by atoms with Crippen molar-refractivity contribution in [3.8, 4) is 5.75 Å². The quantitative estimate of drug-likeness (QED) is 0.769. The lowest BCUT2D eigenvalue weighted by atomic mass is 10.2. The van der Waals surface area contributed by atoms with Crippen LogP contribution in [-0.4, -0.2) is 48.5 Å². The molecule has 1 amide bonds. The summed E-state index contributed by atoms with van der Waals surface area (Å²) in [7, 11) is 0. The van der Waals surface area contributed by atoms with E-state index >= 15 is 0 Å². The van der Waals surface area contributed by atoms with Crippen LogP contribution in [0.3, 0.4) is 0 Å². The molecule has 0 bridgehead atoms. The van der Waals surface area contributed by atoms with Crippen molar-refractivity contribution in [3.05, 3.63) is 63.6 Å². The van der Waals surface area contributed by atoms with E-state index in [0.717, 1.165) is 36.5 Å². The minimum absolute atomic E-state index is 0.0300. The van der Waals surface area contributed by atoms with Crippen LogP contribution in [0.5, 0.6) is 5.75 Å². The number of rotatable bonds is 5. The van der Waals surface area contributed by atoms with Gasteiger partial charge in [0.1, 0.15) is 5.75 Å². The fourth-order valence-corrected chi connectivity index (χ4v) is 3.32. The second kappa shape index (κ2) is 8.76. The molecule has 2 aromatic rings. The second-order valence-corrected chi connectivity index (χ2v) is 7.27. The molecule has 1 heterocycles. The van der Waals surface area contributed by atoms with Gasteiger partial charge in [-0.25, -0.2) is 0 Å². The molecule has 0 radical (unpaired) electrons. The Labute approximate surface area is 164 Å². The van der Waals surface area contributed by atoms with E-state index in [9.17, 15) is 4.79 Å². The molecule has 26 heavy (non-hydrogen) atoms. The van der Waals surface area contributed by atoms with Crippen molar-refractivity contribution < 1.29 is 9.53 Å². The Morgan fingerprint density at radius 3 is 2.46 bits per heavy atom. The predicted octanol–water partition coefficient (Wildman–Crippen LogP) is 4.03. The lowest BCUT2D eigenvalue weighted by molar-refractivity contribution is -0.135. The van der Waals surface area contributed by atoms with E-state index in [-0.39, 0.29) is 12.5 Å². The molecule has 0 aromatic heterocycles. The van der Waals surface area contributed by atoms with Gasteiger partial charge in [0, 0.05) is 32.7 Å². The molecular formula is C20H22Cl2N2O2. The van der Waals surface area contributed by atoms with Gasteiger partial charge in [0.05, 0.1) is 10.0 Å². The summed E-state index contributed by atoms with van der Waals surface area (Å²) in [5, 5.41) is 1.14. The van der Waals surface area contributed by atoms with Gasteiger partial charge in [0.15, 0.2) is 6.61 Å². The maximum Gasteiger partial charge on any atom is 0.260 e. The number of carbonyl (C=O) groups is 1. The van der Waals surface area contributed by atoms with Gasteiger partial charge in [0.25, 0.3) is 5.91 Å². The van der Waals surface area contributed by atoms with Crippen molar-refractivity contribution in [1.82, 2.24) is 9.80 Å². The Morgan fingerprint density at radius 2 is 1.77 bits per heavy atom. The fraction of sp³-hybridized carbons (Fsp3) is 0.350. The number of ether oxygens (including phenoxy) is 1. The highest BCUT2D eigenvalue weighted by molar-refractivity contribution is 6.42. The summed E-state index contributed by atoms with van der Waals surface area (Å²) in [6, 6.07) is 13.4. The molecule has 6 heteroatoms. The zero-order valence-electron chi connectivity index (χ0n) is 14.8. The molecule has 0 aliphatic carbocycles. The summed E-state index contributed by atoms with van der Waals surface area (Å²) in [5.74, 6) is 0.793. The largest absolute Gasteiger partial charge is 0.484 e. The highest BCUT2D eigenvalue weighted by atomic mass is 35.5. The number of carbonyl (C=O) groups excluding carboxylic acids is 1. The highest BCUT2D eigenvalue weighted by Gasteiger charge is 2.21. The molecule has 1 fully saturated rings. The summed E-state index contributed by atoms with van der Waals surface area (Å²) in [4.78, 5) is 16.6. The van der Waals surface area contributed by atoms with Gasteiger partial charge in [-0.15, -0.1) is 0 Å². The Bertz CT molecular complexity index is 774. The maximum atomic E-state index is 12.4. The number of halogens is 2. The summed E-state index contributed by atoms with van der Waals surface area (Å²) in [6.45, 7) is 5.93. The summed E-state index contributed by atoms with van der Waals surface area (Å²) in [6.07, 6.45) is 0. The van der Waals surface area contributed by atoms with Gasteiger partial charge in [-0.1, -0.05) is 47.5 Å². The van der Waals surface area contributed by atoms with Crippen molar-refractivity contribution in [2.45, 2.75) is 13.5 Å². The maximum absolute atomic E-state index is 12.4. The third-order valence-corrected chi connectivity index (χ3v) is 5.30. The topological polar surface area (TPSA) is 32.8 Å². The van der Waals surface area contributed by atoms with Gasteiger partial charge in [-0.05, 0) is 36.2 Å². The number of hydrogen-bond acceptors (Lipinski definition) is 3. The van der Waals surface area contributed by atoms with Crippen LogP contribution in [0.2, 0.25) is 10.0 Å².